The molecule has 5 heteroatoms. The third-order valence-corrected chi connectivity index (χ3v) is 3.98. The fraction of sp³-hybridized carbons (Fsp3) is 0.571. The Balaban J connectivity index is 2.38. The molecule has 1 heterocycles. The first-order valence-corrected chi connectivity index (χ1v) is 7.42. The topological polar surface area (TPSA) is 66.4 Å². The van der Waals surface area contributed by atoms with E-state index < -0.39 is 11.5 Å². The number of carboxylic acids is 1. The number of carbonyl (C=O) groups excluding carboxylic acids is 1. The van der Waals surface area contributed by atoms with Gasteiger partial charge in [-0.15, -0.1) is 11.3 Å². The maximum absolute atomic E-state index is 11.8. The molecule has 106 valence electrons. The Hall–Kier alpha value is -1.36. The molecule has 1 unspecified atom stereocenters. The summed E-state index contributed by atoms with van der Waals surface area (Å²) in [5.74, 6) is -1.16. The molecule has 1 aromatic rings. The molecule has 1 amide bonds. The fourth-order valence-electron chi connectivity index (χ4n) is 1.97. The van der Waals surface area contributed by atoms with Crippen molar-refractivity contribution in [2.45, 2.75) is 51.5 Å². The SMILES string of the molecule is CCCC(C)(NC(=O)CCCc1cccs1)C(=O)O. The van der Waals surface area contributed by atoms with Crippen molar-refractivity contribution >= 4 is 23.2 Å². The molecule has 4 nitrogen and oxygen atoms in total. The highest BCUT2D eigenvalue weighted by molar-refractivity contribution is 7.09. The van der Waals surface area contributed by atoms with Gasteiger partial charge in [0.1, 0.15) is 5.54 Å². The molecule has 0 saturated heterocycles. The van der Waals surface area contributed by atoms with Gasteiger partial charge in [-0.2, -0.15) is 0 Å². The molecule has 0 aromatic carbocycles. The quantitative estimate of drug-likeness (QED) is 0.771. The van der Waals surface area contributed by atoms with Crippen molar-refractivity contribution in [2.75, 3.05) is 0 Å². The van der Waals surface area contributed by atoms with Crippen LogP contribution in [0.3, 0.4) is 0 Å². The summed E-state index contributed by atoms with van der Waals surface area (Å²) in [7, 11) is 0. The third-order valence-electron chi connectivity index (χ3n) is 3.04. The van der Waals surface area contributed by atoms with Gasteiger partial charge in [-0.1, -0.05) is 19.4 Å². The van der Waals surface area contributed by atoms with E-state index in [1.165, 1.54) is 4.88 Å². The van der Waals surface area contributed by atoms with Crippen LogP contribution in [0.5, 0.6) is 0 Å². The maximum Gasteiger partial charge on any atom is 0.329 e. The van der Waals surface area contributed by atoms with Crippen LogP contribution < -0.4 is 5.32 Å². The van der Waals surface area contributed by atoms with Crippen molar-refractivity contribution in [3.05, 3.63) is 22.4 Å². The van der Waals surface area contributed by atoms with Crippen molar-refractivity contribution in [2.24, 2.45) is 0 Å². The number of carboxylic acid groups (broad SMARTS) is 1. The smallest absolute Gasteiger partial charge is 0.329 e. The Morgan fingerprint density at radius 3 is 2.74 bits per heavy atom. The Bertz CT molecular complexity index is 416. The Labute approximate surface area is 117 Å². The Morgan fingerprint density at radius 1 is 1.47 bits per heavy atom. The minimum Gasteiger partial charge on any atom is -0.480 e. The van der Waals surface area contributed by atoms with E-state index in [1.807, 2.05) is 24.4 Å². The van der Waals surface area contributed by atoms with Crippen LogP contribution in [0.25, 0.3) is 0 Å². The molecular weight excluding hydrogens is 262 g/mol. The zero-order valence-electron chi connectivity index (χ0n) is 11.4. The lowest BCUT2D eigenvalue weighted by atomic mass is 9.96. The van der Waals surface area contributed by atoms with Crippen LogP contribution in [0.1, 0.15) is 44.4 Å². The number of nitrogens with one attached hydrogen (secondary N) is 1. The van der Waals surface area contributed by atoms with Gasteiger partial charge in [-0.25, -0.2) is 4.79 Å². The largest absolute Gasteiger partial charge is 0.480 e. The second kappa shape index (κ2) is 7.28. The molecule has 1 atom stereocenters. The normalized spacial score (nSPS) is 13.8. The van der Waals surface area contributed by atoms with E-state index in [0.29, 0.717) is 12.8 Å². The number of thiophene rings is 1. The minimum atomic E-state index is -1.14. The first-order chi connectivity index (χ1) is 8.98. The molecule has 0 saturated carbocycles. The molecule has 1 aromatic heterocycles. The van der Waals surface area contributed by atoms with Crippen LogP contribution in [0.15, 0.2) is 17.5 Å². The number of aliphatic carboxylic acids is 1. The molecule has 2 N–H and O–H groups in total. The van der Waals surface area contributed by atoms with E-state index in [9.17, 15) is 14.7 Å². The summed E-state index contributed by atoms with van der Waals surface area (Å²) in [5.41, 5.74) is -1.14. The van der Waals surface area contributed by atoms with Crippen molar-refractivity contribution in [3.8, 4) is 0 Å². The Kier molecular flexibility index (Phi) is 6.02. The highest BCUT2D eigenvalue weighted by Gasteiger charge is 2.33. The van der Waals surface area contributed by atoms with Gasteiger partial charge in [0.25, 0.3) is 0 Å². The lowest BCUT2D eigenvalue weighted by molar-refractivity contribution is -0.147. The van der Waals surface area contributed by atoms with Crippen molar-refractivity contribution in [3.63, 3.8) is 0 Å². The molecule has 0 bridgehead atoms. The first-order valence-electron chi connectivity index (χ1n) is 6.54. The van der Waals surface area contributed by atoms with Gasteiger partial charge in [0.2, 0.25) is 5.91 Å². The fourth-order valence-corrected chi connectivity index (χ4v) is 2.72. The third kappa shape index (κ3) is 5.03. The summed E-state index contributed by atoms with van der Waals surface area (Å²) in [5, 5.41) is 13.8. The van der Waals surface area contributed by atoms with Gasteiger partial charge in [0.15, 0.2) is 0 Å². The summed E-state index contributed by atoms with van der Waals surface area (Å²) < 4.78 is 0. The van der Waals surface area contributed by atoms with Crippen LogP contribution in [-0.2, 0) is 16.0 Å². The van der Waals surface area contributed by atoms with Gasteiger partial charge >= 0.3 is 5.97 Å². The van der Waals surface area contributed by atoms with Crippen molar-refractivity contribution < 1.29 is 14.7 Å². The zero-order chi connectivity index (χ0) is 14.3. The summed E-state index contributed by atoms with van der Waals surface area (Å²) in [6.07, 6.45) is 3.14. The highest BCUT2D eigenvalue weighted by Crippen LogP contribution is 2.15. The van der Waals surface area contributed by atoms with Crippen LogP contribution in [0, 0.1) is 0 Å². The van der Waals surface area contributed by atoms with Gasteiger partial charge in [-0.05, 0) is 37.6 Å². The van der Waals surface area contributed by atoms with Crippen molar-refractivity contribution in [1.82, 2.24) is 5.32 Å². The lowest BCUT2D eigenvalue weighted by Gasteiger charge is -2.25. The predicted molar refractivity (Wildman–Crippen MR) is 76.3 cm³/mol. The number of amides is 1. The van der Waals surface area contributed by atoms with Crippen LogP contribution >= 0.6 is 11.3 Å². The van der Waals surface area contributed by atoms with Crippen LogP contribution in [-0.4, -0.2) is 22.5 Å². The standard InChI is InChI=1S/C14H21NO3S/c1-3-9-14(2,13(17)18)15-12(16)8-4-6-11-7-5-10-19-11/h5,7,10H,3-4,6,8-9H2,1-2H3,(H,15,16)(H,17,18). The van der Waals surface area contributed by atoms with Crippen molar-refractivity contribution in [1.29, 1.82) is 0 Å². The minimum absolute atomic E-state index is 0.185. The van der Waals surface area contributed by atoms with Gasteiger partial charge in [0, 0.05) is 11.3 Å². The van der Waals surface area contributed by atoms with E-state index in [2.05, 4.69) is 5.32 Å². The molecule has 0 aliphatic rings. The van der Waals surface area contributed by atoms with E-state index in [0.717, 1.165) is 19.3 Å². The highest BCUT2D eigenvalue weighted by atomic mass is 32.1. The number of aryl methyl sites for hydroxylation is 1. The summed E-state index contributed by atoms with van der Waals surface area (Å²) in [6, 6.07) is 4.03. The number of hydrogen-bond acceptors (Lipinski definition) is 3. The molecule has 0 spiro atoms. The molecule has 0 aliphatic heterocycles. The average Bonchev–Trinajstić information content (AvgIpc) is 2.82. The molecular formula is C14H21NO3S. The predicted octanol–water partition coefficient (Wildman–Crippen LogP) is 2.83. The summed E-state index contributed by atoms with van der Waals surface area (Å²) >= 11 is 1.67. The summed E-state index contributed by atoms with van der Waals surface area (Å²) in [6.45, 7) is 3.47. The maximum atomic E-state index is 11.8. The number of rotatable bonds is 8. The van der Waals surface area contributed by atoms with Gasteiger partial charge in [0.05, 0.1) is 0 Å². The number of hydrogen-bond donors (Lipinski definition) is 2. The van der Waals surface area contributed by atoms with Crippen LogP contribution in [0.2, 0.25) is 0 Å². The second-order valence-corrected chi connectivity index (χ2v) is 5.90. The van der Waals surface area contributed by atoms with E-state index in [4.69, 9.17) is 0 Å². The van der Waals surface area contributed by atoms with Gasteiger partial charge in [-0.3, -0.25) is 4.79 Å². The first kappa shape index (κ1) is 15.7. The Morgan fingerprint density at radius 2 is 2.21 bits per heavy atom. The van der Waals surface area contributed by atoms with E-state index >= 15 is 0 Å². The monoisotopic (exact) mass is 283 g/mol. The lowest BCUT2D eigenvalue weighted by Crippen LogP contribution is -2.52. The second-order valence-electron chi connectivity index (χ2n) is 4.87. The van der Waals surface area contributed by atoms with Gasteiger partial charge < -0.3 is 10.4 Å². The zero-order valence-corrected chi connectivity index (χ0v) is 12.3. The molecule has 0 radical (unpaired) electrons. The van der Waals surface area contributed by atoms with E-state index in [-0.39, 0.29) is 5.91 Å². The van der Waals surface area contributed by atoms with Crippen LogP contribution in [0.4, 0.5) is 0 Å². The summed E-state index contributed by atoms with van der Waals surface area (Å²) in [4.78, 5) is 24.2. The molecule has 0 aliphatic carbocycles. The average molecular weight is 283 g/mol. The molecule has 1 rings (SSSR count). The van der Waals surface area contributed by atoms with E-state index in [1.54, 1.807) is 18.3 Å². The molecule has 0 fully saturated rings. The number of carbonyl (C=O) groups is 2. The molecule has 19 heavy (non-hydrogen) atoms.